The van der Waals surface area contributed by atoms with Crippen LogP contribution < -0.4 is 0 Å². The van der Waals surface area contributed by atoms with Crippen molar-refractivity contribution < 1.29 is 8.83 Å². The molecule has 3 aromatic heterocycles. The molecule has 6 aromatic rings. The van der Waals surface area contributed by atoms with Crippen LogP contribution in [0.5, 0.6) is 0 Å². The van der Waals surface area contributed by atoms with Gasteiger partial charge in [-0.25, -0.2) is 19.9 Å². The number of hydrogen-bond donors (Lipinski definition) is 0. The number of fused-ring (bicyclic) bond motifs is 5. The van der Waals surface area contributed by atoms with Gasteiger partial charge in [0.15, 0.2) is 29.4 Å². The maximum atomic E-state index is 6.96. The average molecular weight is 692 g/mol. The molecule has 259 valence electrons. The number of benzene rings is 3. The Labute approximate surface area is 311 Å². The molecule has 0 bridgehead atoms. The lowest BCUT2D eigenvalue weighted by molar-refractivity contribution is 0.539. The van der Waals surface area contributed by atoms with Crippen LogP contribution in [0.25, 0.3) is 62.5 Å². The molecule has 6 nitrogen and oxygen atoms in total. The zero-order chi connectivity index (χ0) is 37.3. The molecule has 1 radical (unpaired) electrons. The Hall–Kier alpha value is -6.34. The molecule has 7 heteroatoms. The first-order chi connectivity index (χ1) is 25.8. The van der Waals surface area contributed by atoms with Crippen LogP contribution in [0.3, 0.4) is 0 Å². The highest BCUT2D eigenvalue weighted by Gasteiger charge is 2.38. The fraction of sp³-hybridized carbons (Fsp3) is 0.130. The molecule has 3 heterocycles. The maximum absolute atomic E-state index is 6.96. The zero-order valence-electron chi connectivity index (χ0n) is 30.8. The summed E-state index contributed by atoms with van der Waals surface area (Å²) in [4.78, 5) is 19.4. The fourth-order valence-electron chi connectivity index (χ4n) is 7.27. The van der Waals surface area contributed by atoms with Crippen molar-refractivity contribution in [3.8, 4) is 22.5 Å². The second kappa shape index (κ2) is 14.4. The van der Waals surface area contributed by atoms with Gasteiger partial charge >= 0.3 is 0 Å². The van der Waals surface area contributed by atoms with Crippen molar-refractivity contribution in [1.82, 2.24) is 19.9 Å². The molecule has 0 aliphatic heterocycles. The van der Waals surface area contributed by atoms with Crippen molar-refractivity contribution in [2.24, 2.45) is 0 Å². The van der Waals surface area contributed by atoms with E-state index in [4.69, 9.17) is 23.8 Å². The normalized spacial score (nSPS) is 14.0. The lowest BCUT2D eigenvalue weighted by Crippen LogP contribution is -2.15. The lowest BCUT2D eigenvalue weighted by atomic mass is 9.79. The van der Waals surface area contributed by atoms with Gasteiger partial charge in [0.05, 0.1) is 0 Å². The highest BCUT2D eigenvalue weighted by Crippen LogP contribution is 2.52. The van der Waals surface area contributed by atoms with E-state index in [0.717, 1.165) is 55.6 Å². The largest absolute Gasteiger partial charge is 0.455 e. The van der Waals surface area contributed by atoms with Crippen molar-refractivity contribution in [2.45, 2.75) is 39.9 Å². The minimum absolute atomic E-state index is 0.256. The summed E-state index contributed by atoms with van der Waals surface area (Å²) < 4.78 is 12.9. The predicted molar refractivity (Wildman–Crippen MR) is 220 cm³/mol. The molecular formula is C46H40BN4O2. The molecule has 0 spiro atoms. The summed E-state index contributed by atoms with van der Waals surface area (Å²) in [5.41, 5.74) is 12.0. The smallest absolute Gasteiger partial charge is 0.182 e. The molecule has 0 saturated heterocycles. The van der Waals surface area contributed by atoms with Crippen LogP contribution in [-0.4, -0.2) is 27.2 Å². The van der Waals surface area contributed by atoms with Gasteiger partial charge in [0.25, 0.3) is 0 Å². The molecule has 53 heavy (non-hydrogen) atoms. The number of aromatic nitrogens is 4. The van der Waals surface area contributed by atoms with Gasteiger partial charge in [0.1, 0.15) is 24.3 Å². The van der Waals surface area contributed by atoms with Crippen molar-refractivity contribution in [3.05, 3.63) is 174 Å². The molecule has 3 aromatic carbocycles. The van der Waals surface area contributed by atoms with Crippen molar-refractivity contribution >= 4 is 47.3 Å². The van der Waals surface area contributed by atoms with Gasteiger partial charge in [0, 0.05) is 44.4 Å². The standard InChI is InChI=1S/C46H40BN4O2/c1-9-17-28(18-10-2)43-49-44(29-19-15-14-16-20-29)51-45(50-43)35(26-47-8)41-33(13-5)32(12-4)40(53-41)31(11-3)30-21-22-34-37(25-30)46(6,7)36-23-24-38-42(39(34)36)52-27-48-38/h9-27H,1,4-5H2,2-3,6-8H3/b18-10-,28-17+,31-11-,35-26+. The summed E-state index contributed by atoms with van der Waals surface area (Å²) in [5, 5.41) is 0. The third kappa shape index (κ3) is 5.98. The van der Waals surface area contributed by atoms with E-state index in [9.17, 15) is 0 Å². The minimum Gasteiger partial charge on any atom is -0.455 e. The molecule has 0 amide bonds. The molecule has 7 rings (SSSR count). The number of oxazole rings is 1. The van der Waals surface area contributed by atoms with Crippen molar-refractivity contribution in [2.75, 3.05) is 0 Å². The molecule has 0 unspecified atom stereocenters. The van der Waals surface area contributed by atoms with Gasteiger partial charge in [-0.15, -0.1) is 5.98 Å². The second-order valence-electron chi connectivity index (χ2n) is 13.2. The Kier molecular flexibility index (Phi) is 9.50. The van der Waals surface area contributed by atoms with Crippen LogP contribution in [-0.2, 0) is 5.41 Å². The average Bonchev–Trinajstić information content (AvgIpc) is 3.87. The monoisotopic (exact) mass is 691 g/mol. The number of hydrogen-bond acceptors (Lipinski definition) is 6. The molecule has 1 aliphatic carbocycles. The van der Waals surface area contributed by atoms with E-state index in [-0.39, 0.29) is 5.41 Å². The Morgan fingerprint density at radius 3 is 2.25 bits per heavy atom. The van der Waals surface area contributed by atoms with Crippen LogP contribution in [0.1, 0.15) is 78.7 Å². The third-order valence-electron chi connectivity index (χ3n) is 9.76. The summed E-state index contributed by atoms with van der Waals surface area (Å²) in [5.74, 6) is 4.75. The fourth-order valence-corrected chi connectivity index (χ4v) is 7.27. The van der Waals surface area contributed by atoms with E-state index < -0.39 is 0 Å². The summed E-state index contributed by atoms with van der Waals surface area (Å²) in [6, 6.07) is 20.7. The quantitative estimate of drug-likeness (QED) is 0.0994. The predicted octanol–water partition coefficient (Wildman–Crippen LogP) is 11.6. The topological polar surface area (TPSA) is 77.8 Å². The van der Waals surface area contributed by atoms with E-state index in [0.29, 0.717) is 34.6 Å². The van der Waals surface area contributed by atoms with Gasteiger partial charge in [-0.05, 0) is 48.2 Å². The van der Waals surface area contributed by atoms with Crippen molar-refractivity contribution in [1.29, 1.82) is 0 Å². The summed E-state index contributed by atoms with van der Waals surface area (Å²) in [6.45, 7) is 22.8. The first-order valence-electron chi connectivity index (χ1n) is 17.7. The van der Waals surface area contributed by atoms with E-state index in [2.05, 4.69) is 68.9 Å². The third-order valence-corrected chi connectivity index (χ3v) is 9.76. The molecule has 1 aliphatic rings. The van der Waals surface area contributed by atoms with Gasteiger partial charge in [-0.1, -0.05) is 131 Å². The zero-order valence-corrected chi connectivity index (χ0v) is 30.8. The molecule has 0 atom stereocenters. The molecule has 0 fully saturated rings. The molecule has 0 N–H and O–H groups in total. The Morgan fingerprint density at radius 1 is 0.830 bits per heavy atom. The van der Waals surface area contributed by atoms with Crippen LogP contribution in [0.2, 0.25) is 6.82 Å². The highest BCUT2D eigenvalue weighted by atomic mass is 16.3. The number of furan rings is 1. The lowest BCUT2D eigenvalue weighted by Gasteiger charge is -2.22. The van der Waals surface area contributed by atoms with E-state index in [1.165, 1.54) is 17.5 Å². The molecular weight excluding hydrogens is 651 g/mol. The number of nitrogens with zero attached hydrogens (tertiary/aromatic N) is 4. The van der Waals surface area contributed by atoms with Gasteiger partial charge in [-0.2, -0.15) is 0 Å². The summed E-state index contributed by atoms with van der Waals surface area (Å²) in [6.07, 6.45) is 14.8. The minimum atomic E-state index is -0.256. The number of allylic oxidation sites excluding steroid dienone is 6. The summed E-state index contributed by atoms with van der Waals surface area (Å²) >= 11 is 0. The second-order valence-corrected chi connectivity index (χ2v) is 13.2. The molecule has 0 saturated carbocycles. The van der Waals surface area contributed by atoms with E-state index in [1.807, 2.05) is 101 Å². The SMILES string of the molecule is C=C/C=C(\C=C/C)c1nc(/C(=C/[B]C)c2oc(/C(=C\C)c3ccc4c(c3)C(C)(C)c3ccc5ncoc5c3-4)c(C=C)c2C=C)nc(-c2ccccc2)n1. The maximum Gasteiger partial charge on any atom is 0.182 e. The van der Waals surface area contributed by atoms with Crippen LogP contribution in [0.15, 0.2) is 132 Å². The Balaban J connectivity index is 1.40. The van der Waals surface area contributed by atoms with Gasteiger partial charge in [-0.3, -0.25) is 0 Å². The van der Waals surface area contributed by atoms with Crippen LogP contribution in [0, 0.1) is 0 Å². The first kappa shape index (κ1) is 35.1. The Morgan fingerprint density at radius 2 is 1.57 bits per heavy atom. The highest BCUT2D eigenvalue weighted by molar-refractivity contribution is 6.42. The van der Waals surface area contributed by atoms with E-state index >= 15 is 0 Å². The van der Waals surface area contributed by atoms with Crippen LogP contribution in [0.4, 0.5) is 0 Å². The summed E-state index contributed by atoms with van der Waals surface area (Å²) in [7, 11) is 1.96. The Bertz CT molecular complexity index is 2540. The van der Waals surface area contributed by atoms with Gasteiger partial charge in [0.2, 0.25) is 0 Å². The van der Waals surface area contributed by atoms with Crippen LogP contribution >= 0.6 is 0 Å². The van der Waals surface area contributed by atoms with E-state index in [1.54, 1.807) is 6.08 Å². The van der Waals surface area contributed by atoms with Crippen molar-refractivity contribution in [3.63, 3.8) is 0 Å². The number of rotatable bonds is 11. The van der Waals surface area contributed by atoms with Gasteiger partial charge < -0.3 is 8.83 Å². The first-order valence-corrected chi connectivity index (χ1v) is 17.7.